The van der Waals surface area contributed by atoms with Crippen LogP contribution in [0.25, 0.3) is 0 Å². The van der Waals surface area contributed by atoms with Crippen LogP contribution in [-0.2, 0) is 6.42 Å². The average molecular weight is 292 g/mol. The molecule has 0 radical (unpaired) electrons. The van der Waals surface area contributed by atoms with Crippen molar-refractivity contribution < 1.29 is 4.39 Å². The molecule has 1 aromatic carbocycles. The fraction of sp³-hybridized carbons (Fsp3) is 0.438. The Morgan fingerprint density at radius 1 is 1.35 bits per heavy atom. The molecule has 2 rings (SSSR count). The molecular weight excluding hydrogens is 271 g/mol. The number of nitrogens with one attached hydrogen (secondary N) is 1. The van der Waals surface area contributed by atoms with Gasteiger partial charge in [0.25, 0.3) is 0 Å². The maximum absolute atomic E-state index is 13.3. The van der Waals surface area contributed by atoms with Crippen LogP contribution in [0.4, 0.5) is 4.39 Å². The Labute approximate surface area is 124 Å². The van der Waals surface area contributed by atoms with Crippen LogP contribution in [0.3, 0.4) is 0 Å². The topological polar surface area (TPSA) is 24.9 Å². The first kappa shape index (κ1) is 15.1. The number of aromatic nitrogens is 1. The van der Waals surface area contributed by atoms with Crippen LogP contribution in [0.2, 0.25) is 0 Å². The van der Waals surface area contributed by atoms with Crippen molar-refractivity contribution in [3.8, 4) is 0 Å². The minimum absolute atomic E-state index is 0.172. The molecule has 1 aromatic heterocycles. The average Bonchev–Trinajstić information content (AvgIpc) is 2.73. The van der Waals surface area contributed by atoms with E-state index in [0.29, 0.717) is 0 Å². The van der Waals surface area contributed by atoms with Crippen LogP contribution < -0.4 is 5.32 Å². The Kier molecular flexibility index (Phi) is 5.26. The van der Waals surface area contributed by atoms with Crippen LogP contribution in [0.1, 0.15) is 40.5 Å². The number of hydrogen-bond acceptors (Lipinski definition) is 3. The van der Waals surface area contributed by atoms with E-state index >= 15 is 0 Å². The maximum Gasteiger partial charge on any atom is 0.123 e. The van der Waals surface area contributed by atoms with Crippen molar-refractivity contribution in [2.24, 2.45) is 0 Å². The molecule has 4 heteroatoms. The van der Waals surface area contributed by atoms with Gasteiger partial charge >= 0.3 is 0 Å². The molecule has 0 saturated carbocycles. The first-order valence-electron chi connectivity index (χ1n) is 7.02. The summed E-state index contributed by atoms with van der Waals surface area (Å²) in [7, 11) is 0. The van der Waals surface area contributed by atoms with E-state index in [0.717, 1.165) is 35.7 Å². The predicted octanol–water partition coefficient (Wildman–Crippen LogP) is 4.18. The van der Waals surface area contributed by atoms with Gasteiger partial charge in [-0.15, -0.1) is 11.3 Å². The lowest BCUT2D eigenvalue weighted by atomic mass is 10.0. The van der Waals surface area contributed by atoms with Crippen molar-refractivity contribution >= 4 is 11.3 Å². The summed E-state index contributed by atoms with van der Waals surface area (Å²) < 4.78 is 13.3. The highest BCUT2D eigenvalue weighted by molar-refractivity contribution is 7.11. The van der Waals surface area contributed by atoms with E-state index in [2.05, 4.69) is 17.2 Å². The summed E-state index contributed by atoms with van der Waals surface area (Å²) in [6.45, 7) is 7.18. The molecule has 1 unspecified atom stereocenters. The van der Waals surface area contributed by atoms with E-state index in [4.69, 9.17) is 0 Å². The molecule has 1 heterocycles. The second kappa shape index (κ2) is 6.95. The number of halogens is 1. The molecule has 0 amide bonds. The molecule has 0 saturated heterocycles. The zero-order valence-electron chi connectivity index (χ0n) is 12.2. The summed E-state index contributed by atoms with van der Waals surface area (Å²) in [5.41, 5.74) is 2.10. The van der Waals surface area contributed by atoms with Crippen molar-refractivity contribution in [2.75, 3.05) is 6.54 Å². The molecule has 1 N–H and O–H groups in total. The first-order chi connectivity index (χ1) is 9.60. The fourth-order valence-electron chi connectivity index (χ4n) is 2.35. The largest absolute Gasteiger partial charge is 0.309 e. The van der Waals surface area contributed by atoms with Gasteiger partial charge in [-0.05, 0) is 50.9 Å². The van der Waals surface area contributed by atoms with Crippen molar-refractivity contribution in [1.82, 2.24) is 10.3 Å². The van der Waals surface area contributed by atoms with Gasteiger partial charge < -0.3 is 5.32 Å². The highest BCUT2D eigenvalue weighted by Crippen LogP contribution is 2.27. The van der Waals surface area contributed by atoms with E-state index < -0.39 is 0 Å². The zero-order chi connectivity index (χ0) is 14.5. The summed E-state index contributed by atoms with van der Waals surface area (Å²) >= 11 is 1.73. The fourth-order valence-corrected chi connectivity index (χ4v) is 3.35. The molecule has 0 aliphatic carbocycles. The molecule has 2 aromatic rings. The van der Waals surface area contributed by atoms with E-state index in [1.165, 1.54) is 10.9 Å². The lowest BCUT2D eigenvalue weighted by molar-refractivity contribution is 0.531. The third-order valence-electron chi connectivity index (χ3n) is 3.23. The molecule has 20 heavy (non-hydrogen) atoms. The van der Waals surface area contributed by atoms with Crippen LogP contribution >= 0.6 is 11.3 Å². The Morgan fingerprint density at radius 3 is 2.75 bits per heavy atom. The van der Waals surface area contributed by atoms with Gasteiger partial charge in [-0.3, -0.25) is 0 Å². The SMILES string of the molecule is CCCNC(Cc1cccc(F)c1)c1sc(C)nc1C. The normalized spacial score (nSPS) is 12.6. The van der Waals surface area contributed by atoms with Gasteiger partial charge in [-0.1, -0.05) is 19.1 Å². The highest BCUT2D eigenvalue weighted by atomic mass is 32.1. The minimum Gasteiger partial charge on any atom is -0.309 e. The lowest BCUT2D eigenvalue weighted by Gasteiger charge is -2.18. The second-order valence-corrected chi connectivity index (χ2v) is 6.26. The molecule has 0 spiro atoms. The zero-order valence-corrected chi connectivity index (χ0v) is 13.1. The Bertz CT molecular complexity index is 565. The number of nitrogens with zero attached hydrogens (tertiary/aromatic N) is 1. The van der Waals surface area contributed by atoms with E-state index in [1.807, 2.05) is 19.9 Å². The highest BCUT2D eigenvalue weighted by Gasteiger charge is 2.17. The molecule has 108 valence electrons. The predicted molar refractivity (Wildman–Crippen MR) is 82.7 cm³/mol. The van der Waals surface area contributed by atoms with E-state index in [1.54, 1.807) is 23.5 Å². The standard InChI is InChI=1S/C16H21FN2S/c1-4-8-18-15(16-11(2)19-12(3)20-16)10-13-6-5-7-14(17)9-13/h5-7,9,15,18H,4,8,10H2,1-3H3. The van der Waals surface area contributed by atoms with E-state index in [-0.39, 0.29) is 11.9 Å². The summed E-state index contributed by atoms with van der Waals surface area (Å²) in [5.74, 6) is -0.172. The van der Waals surface area contributed by atoms with Crippen LogP contribution in [-0.4, -0.2) is 11.5 Å². The quantitative estimate of drug-likeness (QED) is 0.864. The van der Waals surface area contributed by atoms with Gasteiger partial charge in [0.15, 0.2) is 0 Å². The molecule has 2 nitrogen and oxygen atoms in total. The van der Waals surface area contributed by atoms with Crippen LogP contribution in [0.5, 0.6) is 0 Å². The third kappa shape index (κ3) is 3.87. The van der Waals surface area contributed by atoms with Crippen LogP contribution in [0.15, 0.2) is 24.3 Å². The lowest BCUT2D eigenvalue weighted by Crippen LogP contribution is -2.24. The van der Waals surface area contributed by atoms with Crippen LogP contribution in [0, 0.1) is 19.7 Å². The number of benzene rings is 1. The number of rotatable bonds is 6. The van der Waals surface area contributed by atoms with Gasteiger partial charge in [0, 0.05) is 10.9 Å². The Balaban J connectivity index is 2.21. The summed E-state index contributed by atoms with van der Waals surface area (Å²) in [6, 6.07) is 7.06. The van der Waals surface area contributed by atoms with Crippen molar-refractivity contribution in [3.63, 3.8) is 0 Å². The molecule has 0 fully saturated rings. The van der Waals surface area contributed by atoms with Gasteiger partial charge in [0.1, 0.15) is 5.82 Å². The number of hydrogen-bond donors (Lipinski definition) is 1. The Hall–Kier alpha value is -1.26. The van der Waals surface area contributed by atoms with Gasteiger partial charge in [-0.25, -0.2) is 9.37 Å². The first-order valence-corrected chi connectivity index (χ1v) is 7.83. The molecule has 1 atom stereocenters. The summed E-state index contributed by atoms with van der Waals surface area (Å²) in [5, 5.41) is 4.64. The summed E-state index contributed by atoms with van der Waals surface area (Å²) in [4.78, 5) is 5.77. The monoisotopic (exact) mass is 292 g/mol. The Morgan fingerprint density at radius 2 is 2.15 bits per heavy atom. The molecule has 0 bridgehead atoms. The van der Waals surface area contributed by atoms with Gasteiger partial charge in [0.05, 0.1) is 10.7 Å². The minimum atomic E-state index is -0.172. The molecular formula is C16H21FN2S. The van der Waals surface area contributed by atoms with Crippen molar-refractivity contribution in [1.29, 1.82) is 0 Å². The smallest absolute Gasteiger partial charge is 0.123 e. The number of aryl methyl sites for hydroxylation is 2. The second-order valence-electron chi connectivity index (χ2n) is 5.02. The maximum atomic E-state index is 13.3. The van der Waals surface area contributed by atoms with E-state index in [9.17, 15) is 4.39 Å². The van der Waals surface area contributed by atoms with Gasteiger partial charge in [-0.2, -0.15) is 0 Å². The van der Waals surface area contributed by atoms with Crippen molar-refractivity contribution in [3.05, 3.63) is 51.2 Å². The third-order valence-corrected chi connectivity index (χ3v) is 4.41. The molecule has 0 aliphatic heterocycles. The summed E-state index contributed by atoms with van der Waals surface area (Å²) in [6.07, 6.45) is 1.87. The molecule has 0 aliphatic rings. The van der Waals surface area contributed by atoms with Gasteiger partial charge in [0.2, 0.25) is 0 Å². The van der Waals surface area contributed by atoms with Crippen molar-refractivity contribution in [2.45, 2.75) is 39.7 Å². The number of thiazole rings is 1.